The Morgan fingerprint density at radius 2 is 2.20 bits per heavy atom. The molecule has 0 aliphatic carbocycles. The van der Waals surface area contributed by atoms with Gasteiger partial charge in [-0.15, -0.1) is 11.3 Å². The molecule has 20 heavy (non-hydrogen) atoms. The van der Waals surface area contributed by atoms with E-state index in [9.17, 15) is 5.11 Å². The number of rotatable bonds is 3. The summed E-state index contributed by atoms with van der Waals surface area (Å²) >= 11 is 1.57. The van der Waals surface area contributed by atoms with Gasteiger partial charge >= 0.3 is 0 Å². The zero-order chi connectivity index (χ0) is 14.0. The van der Waals surface area contributed by atoms with Gasteiger partial charge in [0.2, 0.25) is 0 Å². The van der Waals surface area contributed by atoms with Crippen LogP contribution in [0.1, 0.15) is 36.7 Å². The Balaban J connectivity index is 1.69. The molecule has 2 atom stereocenters. The van der Waals surface area contributed by atoms with Crippen molar-refractivity contribution in [2.24, 2.45) is 5.92 Å². The summed E-state index contributed by atoms with van der Waals surface area (Å²) in [7, 11) is 1.66. The summed E-state index contributed by atoms with van der Waals surface area (Å²) in [6.07, 6.45) is 3.34. The molecule has 2 aliphatic heterocycles. The van der Waals surface area contributed by atoms with Gasteiger partial charge in [-0.2, -0.15) is 0 Å². The molecular formula is C15H22O4S. The second kappa shape index (κ2) is 6.02. The molecule has 1 aromatic rings. The summed E-state index contributed by atoms with van der Waals surface area (Å²) in [4.78, 5) is 0.996. The summed E-state index contributed by atoms with van der Waals surface area (Å²) in [5.41, 5.74) is -0.0660. The highest BCUT2D eigenvalue weighted by Gasteiger charge is 2.41. The first-order chi connectivity index (χ1) is 9.72. The summed E-state index contributed by atoms with van der Waals surface area (Å²) in [5.74, 6) is 1.10. The molecule has 2 saturated heterocycles. The maximum absolute atomic E-state index is 10.6. The lowest BCUT2D eigenvalue weighted by Gasteiger charge is -2.44. The van der Waals surface area contributed by atoms with Gasteiger partial charge in [0.25, 0.3) is 0 Å². The maximum Gasteiger partial charge on any atom is 0.129 e. The fourth-order valence-corrected chi connectivity index (χ4v) is 4.19. The minimum Gasteiger partial charge on any atom is -0.496 e. The Morgan fingerprint density at radius 1 is 1.40 bits per heavy atom. The lowest BCUT2D eigenvalue weighted by Crippen LogP contribution is -2.45. The van der Waals surface area contributed by atoms with Gasteiger partial charge in [-0.25, -0.2) is 0 Å². The van der Waals surface area contributed by atoms with Crippen LogP contribution < -0.4 is 4.74 Å². The van der Waals surface area contributed by atoms with E-state index in [0.717, 1.165) is 56.1 Å². The van der Waals surface area contributed by atoms with E-state index in [4.69, 9.17) is 14.2 Å². The molecule has 4 nitrogen and oxygen atoms in total. The molecule has 5 heteroatoms. The van der Waals surface area contributed by atoms with Crippen LogP contribution in [0, 0.1) is 5.92 Å². The van der Waals surface area contributed by atoms with Crippen molar-refractivity contribution in [3.8, 4) is 5.75 Å². The largest absolute Gasteiger partial charge is 0.496 e. The number of hydrogen-bond donors (Lipinski definition) is 1. The van der Waals surface area contributed by atoms with Crippen molar-refractivity contribution in [1.82, 2.24) is 0 Å². The number of aliphatic hydroxyl groups is 1. The quantitative estimate of drug-likeness (QED) is 0.932. The summed E-state index contributed by atoms with van der Waals surface area (Å²) in [6, 6.07) is 1.95. The van der Waals surface area contributed by atoms with Gasteiger partial charge < -0.3 is 19.3 Å². The molecule has 1 aromatic heterocycles. The standard InChI is InChI=1S/C15H22O4S/c1-17-12-8-13(20-10-12)14(16)11-2-5-19-15(9-11)3-6-18-7-4-15/h8,10-11,14,16H,2-7,9H2,1H3. The molecule has 2 unspecified atom stereocenters. The van der Waals surface area contributed by atoms with E-state index >= 15 is 0 Å². The fraction of sp³-hybridized carbons (Fsp3) is 0.733. The Hall–Kier alpha value is -0.620. The monoisotopic (exact) mass is 298 g/mol. The zero-order valence-corrected chi connectivity index (χ0v) is 12.7. The number of methoxy groups -OCH3 is 1. The van der Waals surface area contributed by atoms with Crippen molar-refractivity contribution < 1.29 is 19.3 Å². The molecule has 0 bridgehead atoms. The van der Waals surface area contributed by atoms with Crippen LogP contribution in [0.4, 0.5) is 0 Å². The molecule has 3 rings (SSSR count). The fourth-order valence-electron chi connectivity index (χ4n) is 3.26. The maximum atomic E-state index is 10.6. The molecule has 0 radical (unpaired) electrons. The minimum absolute atomic E-state index is 0.0660. The first-order valence-electron chi connectivity index (χ1n) is 7.25. The van der Waals surface area contributed by atoms with E-state index in [-0.39, 0.29) is 11.5 Å². The van der Waals surface area contributed by atoms with Crippen LogP contribution in [0.2, 0.25) is 0 Å². The Kier molecular flexibility index (Phi) is 4.31. The Labute approximate surface area is 123 Å². The number of ether oxygens (including phenoxy) is 3. The van der Waals surface area contributed by atoms with Crippen molar-refractivity contribution in [3.63, 3.8) is 0 Å². The molecular weight excluding hydrogens is 276 g/mol. The first-order valence-corrected chi connectivity index (χ1v) is 8.13. The van der Waals surface area contributed by atoms with Crippen LogP contribution in [0.25, 0.3) is 0 Å². The van der Waals surface area contributed by atoms with Crippen molar-refractivity contribution in [2.45, 2.75) is 37.4 Å². The smallest absolute Gasteiger partial charge is 0.129 e. The molecule has 0 amide bonds. The molecule has 0 aromatic carbocycles. The van der Waals surface area contributed by atoms with Crippen LogP contribution >= 0.6 is 11.3 Å². The third-order valence-corrected chi connectivity index (χ3v) is 5.49. The van der Waals surface area contributed by atoms with Crippen LogP contribution in [-0.2, 0) is 9.47 Å². The summed E-state index contributed by atoms with van der Waals surface area (Å²) in [5, 5.41) is 12.6. The second-order valence-electron chi connectivity index (χ2n) is 5.73. The molecule has 112 valence electrons. The second-order valence-corrected chi connectivity index (χ2v) is 6.67. The SMILES string of the molecule is COc1csc(C(O)C2CCOC3(CCOCC3)C2)c1. The van der Waals surface area contributed by atoms with Gasteiger partial charge in [-0.3, -0.25) is 0 Å². The normalized spacial score (nSPS) is 27.4. The highest BCUT2D eigenvalue weighted by atomic mass is 32.1. The van der Waals surface area contributed by atoms with Gasteiger partial charge in [-0.05, 0) is 37.7 Å². The third kappa shape index (κ3) is 2.86. The van der Waals surface area contributed by atoms with Gasteiger partial charge in [0, 0.05) is 30.1 Å². The highest BCUT2D eigenvalue weighted by molar-refractivity contribution is 7.10. The van der Waals surface area contributed by atoms with Crippen LogP contribution in [-0.4, -0.2) is 37.6 Å². The van der Waals surface area contributed by atoms with Gasteiger partial charge in [0.15, 0.2) is 0 Å². The molecule has 1 spiro atoms. The molecule has 1 N–H and O–H groups in total. The molecule has 3 heterocycles. The Bertz CT molecular complexity index is 433. The number of aliphatic hydroxyl groups excluding tert-OH is 1. The topological polar surface area (TPSA) is 47.9 Å². The van der Waals surface area contributed by atoms with Crippen LogP contribution in [0.3, 0.4) is 0 Å². The molecule has 2 fully saturated rings. The summed E-state index contributed by atoms with van der Waals surface area (Å²) < 4.78 is 16.7. The summed E-state index contributed by atoms with van der Waals surface area (Å²) in [6.45, 7) is 2.29. The van der Waals surface area contributed by atoms with Gasteiger partial charge in [-0.1, -0.05) is 0 Å². The Morgan fingerprint density at radius 3 is 2.90 bits per heavy atom. The lowest BCUT2D eigenvalue weighted by molar-refractivity contribution is -0.158. The average molecular weight is 298 g/mol. The highest BCUT2D eigenvalue weighted by Crippen LogP contribution is 2.43. The van der Waals surface area contributed by atoms with E-state index in [0.29, 0.717) is 0 Å². The van der Waals surface area contributed by atoms with Crippen molar-refractivity contribution >= 4 is 11.3 Å². The predicted octanol–water partition coefficient (Wildman–Crippen LogP) is 2.77. The van der Waals surface area contributed by atoms with E-state index in [1.165, 1.54) is 0 Å². The first kappa shape index (κ1) is 14.3. The van der Waals surface area contributed by atoms with Crippen molar-refractivity contribution in [1.29, 1.82) is 0 Å². The van der Waals surface area contributed by atoms with Gasteiger partial charge in [0.05, 0.1) is 18.8 Å². The molecule has 2 aliphatic rings. The lowest BCUT2D eigenvalue weighted by atomic mass is 9.78. The van der Waals surface area contributed by atoms with E-state index in [1.807, 2.05) is 11.4 Å². The van der Waals surface area contributed by atoms with Crippen LogP contribution in [0.15, 0.2) is 11.4 Å². The predicted molar refractivity (Wildman–Crippen MR) is 77.3 cm³/mol. The third-order valence-electron chi connectivity index (χ3n) is 4.50. The molecule has 0 saturated carbocycles. The average Bonchev–Trinajstić information content (AvgIpc) is 2.96. The van der Waals surface area contributed by atoms with E-state index in [2.05, 4.69) is 0 Å². The van der Waals surface area contributed by atoms with E-state index in [1.54, 1.807) is 18.4 Å². The van der Waals surface area contributed by atoms with Crippen LogP contribution in [0.5, 0.6) is 5.75 Å². The van der Waals surface area contributed by atoms with Gasteiger partial charge in [0.1, 0.15) is 5.75 Å². The van der Waals surface area contributed by atoms with Crippen molar-refractivity contribution in [3.05, 3.63) is 16.3 Å². The van der Waals surface area contributed by atoms with E-state index < -0.39 is 6.10 Å². The zero-order valence-electron chi connectivity index (χ0n) is 11.8. The van der Waals surface area contributed by atoms with Crippen molar-refractivity contribution in [2.75, 3.05) is 26.9 Å². The number of hydrogen-bond acceptors (Lipinski definition) is 5. The number of thiophene rings is 1. The minimum atomic E-state index is -0.410.